The molecule has 0 unspecified atom stereocenters. The molecule has 1 fully saturated rings. The normalized spacial score (nSPS) is 22.9. The predicted molar refractivity (Wildman–Crippen MR) is 133 cm³/mol. The van der Waals surface area contributed by atoms with Crippen molar-refractivity contribution in [3.63, 3.8) is 0 Å². The van der Waals surface area contributed by atoms with E-state index in [0.717, 1.165) is 10.0 Å². The number of alkyl halides is 1. The topological polar surface area (TPSA) is 149 Å². The predicted octanol–water partition coefficient (Wildman–Crippen LogP) is 2.60. The number of anilines is 1. The standard InChI is InChI=1S/C23H25BrFN5O5S/c1-13(14-3-2-4-17(24)7-14)30-6-5-15(10-30)21(31)18-9-27-12-28-23(18)29-19-8-16(22(32)20(19)25)11-35-36(26,33)34/h2-7,9-10,12-13,16,19-20,22,32H,8,11H2,1H3,(H2,26,33,34)(H,27,28,29)/t13-,16-,19-,20-,22-/m1/s1. The quantitative estimate of drug-likeness (QED) is 0.326. The smallest absolute Gasteiger partial charge is 0.333 e. The van der Waals surface area contributed by atoms with Crippen molar-refractivity contribution in [1.82, 2.24) is 14.5 Å². The molecule has 13 heteroatoms. The third-order valence-corrected chi connectivity index (χ3v) is 7.19. The van der Waals surface area contributed by atoms with Gasteiger partial charge in [-0.2, -0.15) is 8.42 Å². The second-order valence-electron chi connectivity index (χ2n) is 8.65. The summed E-state index contributed by atoms with van der Waals surface area (Å²) in [6.07, 6.45) is 2.91. The number of hydrogen-bond acceptors (Lipinski definition) is 8. The summed E-state index contributed by atoms with van der Waals surface area (Å²) in [7, 11) is -4.23. The van der Waals surface area contributed by atoms with E-state index in [1.165, 1.54) is 12.5 Å². The number of nitrogens with one attached hydrogen (secondary N) is 1. The van der Waals surface area contributed by atoms with E-state index in [1.54, 1.807) is 18.5 Å². The van der Waals surface area contributed by atoms with E-state index >= 15 is 0 Å². The third-order valence-electron chi connectivity index (χ3n) is 6.23. The van der Waals surface area contributed by atoms with Gasteiger partial charge in [-0.15, -0.1) is 0 Å². The number of benzene rings is 1. The highest BCUT2D eigenvalue weighted by Crippen LogP contribution is 2.32. The molecule has 2 heterocycles. The SMILES string of the molecule is C[C@H](c1cccc(Br)c1)n1ccc(C(=O)c2cncnc2N[C@@H]2C[C@H](COS(N)(=O)=O)[C@@H](O)[C@@H]2F)c1. The molecule has 5 atom stereocenters. The molecule has 1 aliphatic carbocycles. The van der Waals surface area contributed by atoms with Crippen LogP contribution in [0.25, 0.3) is 0 Å². The molecule has 4 N–H and O–H groups in total. The fraction of sp³-hybridized carbons (Fsp3) is 0.348. The Kier molecular flexibility index (Phi) is 7.85. The largest absolute Gasteiger partial charge is 0.390 e. The summed E-state index contributed by atoms with van der Waals surface area (Å²) in [6.45, 7) is 1.55. The average molecular weight is 582 g/mol. The van der Waals surface area contributed by atoms with Gasteiger partial charge in [0.2, 0.25) is 0 Å². The van der Waals surface area contributed by atoms with Crippen molar-refractivity contribution < 1.29 is 26.9 Å². The molecule has 0 radical (unpaired) electrons. The zero-order chi connectivity index (χ0) is 26.0. The lowest BCUT2D eigenvalue weighted by Gasteiger charge is -2.18. The highest BCUT2D eigenvalue weighted by molar-refractivity contribution is 9.10. The van der Waals surface area contributed by atoms with Crippen LogP contribution < -0.4 is 10.5 Å². The first-order valence-electron chi connectivity index (χ1n) is 11.1. The Morgan fingerprint density at radius 3 is 2.92 bits per heavy atom. The van der Waals surface area contributed by atoms with Crippen LogP contribution in [0.15, 0.2) is 59.7 Å². The van der Waals surface area contributed by atoms with Crippen LogP contribution in [0.5, 0.6) is 0 Å². The molecule has 0 saturated heterocycles. The van der Waals surface area contributed by atoms with Crippen molar-refractivity contribution in [2.45, 2.75) is 37.7 Å². The minimum Gasteiger partial charge on any atom is -0.390 e. The van der Waals surface area contributed by atoms with Crippen molar-refractivity contribution in [1.29, 1.82) is 0 Å². The first-order valence-corrected chi connectivity index (χ1v) is 13.3. The molecule has 192 valence electrons. The Bertz CT molecular complexity index is 1350. The summed E-state index contributed by atoms with van der Waals surface area (Å²) in [4.78, 5) is 21.4. The van der Waals surface area contributed by atoms with Gasteiger partial charge in [0.25, 0.3) is 0 Å². The van der Waals surface area contributed by atoms with E-state index in [-0.39, 0.29) is 29.6 Å². The van der Waals surface area contributed by atoms with E-state index in [9.17, 15) is 22.7 Å². The zero-order valence-electron chi connectivity index (χ0n) is 19.2. The molecule has 0 spiro atoms. The maximum absolute atomic E-state index is 14.8. The zero-order valence-corrected chi connectivity index (χ0v) is 21.6. The summed E-state index contributed by atoms with van der Waals surface area (Å²) < 4.78 is 44.3. The Labute approximate surface area is 216 Å². The molecule has 1 aliphatic rings. The van der Waals surface area contributed by atoms with Crippen LogP contribution in [0.1, 0.15) is 40.9 Å². The van der Waals surface area contributed by atoms with Crippen LogP contribution in [0, 0.1) is 5.92 Å². The Hall–Kier alpha value is -2.71. The second-order valence-corrected chi connectivity index (χ2v) is 10.8. The van der Waals surface area contributed by atoms with Gasteiger partial charge in [-0.25, -0.2) is 19.5 Å². The van der Waals surface area contributed by atoms with E-state index in [4.69, 9.17) is 5.14 Å². The number of nitrogens with zero attached hydrogens (tertiary/aromatic N) is 3. The minimum atomic E-state index is -4.23. The van der Waals surface area contributed by atoms with Crippen molar-refractivity contribution >= 4 is 37.8 Å². The summed E-state index contributed by atoms with van der Waals surface area (Å²) in [6, 6.07) is 8.60. The Morgan fingerprint density at radius 1 is 1.42 bits per heavy atom. The average Bonchev–Trinajstić information content (AvgIpc) is 3.43. The maximum Gasteiger partial charge on any atom is 0.333 e. The number of aliphatic hydroxyl groups excluding tert-OH is 1. The van der Waals surface area contributed by atoms with Crippen LogP contribution >= 0.6 is 15.9 Å². The molecule has 10 nitrogen and oxygen atoms in total. The molecule has 0 amide bonds. The first kappa shape index (κ1) is 26.4. The first-order chi connectivity index (χ1) is 17.0. The van der Waals surface area contributed by atoms with Gasteiger partial charge in [-0.05, 0) is 37.1 Å². The number of hydrogen-bond donors (Lipinski definition) is 3. The summed E-state index contributed by atoms with van der Waals surface area (Å²) in [5, 5.41) is 17.9. The molecule has 0 aliphatic heterocycles. The molecule has 1 saturated carbocycles. The molecule has 36 heavy (non-hydrogen) atoms. The van der Waals surface area contributed by atoms with E-state index < -0.39 is 41.1 Å². The van der Waals surface area contributed by atoms with Gasteiger partial charge in [-0.1, -0.05) is 28.1 Å². The number of aromatic nitrogens is 3. The summed E-state index contributed by atoms with van der Waals surface area (Å²) >= 11 is 3.47. The molecule has 3 aromatic rings. The highest BCUT2D eigenvalue weighted by Gasteiger charge is 2.44. The fourth-order valence-electron chi connectivity index (χ4n) is 4.25. The number of nitrogens with two attached hydrogens (primary N) is 1. The molecular formula is C23H25BrFN5O5S. The van der Waals surface area contributed by atoms with Crippen LogP contribution in [0.3, 0.4) is 0 Å². The van der Waals surface area contributed by atoms with Gasteiger partial charge in [-0.3, -0.25) is 8.98 Å². The van der Waals surface area contributed by atoms with E-state index in [2.05, 4.69) is 35.4 Å². The van der Waals surface area contributed by atoms with Gasteiger partial charge in [0, 0.05) is 34.5 Å². The summed E-state index contributed by atoms with van der Waals surface area (Å²) in [5.74, 6) is -1.07. The van der Waals surface area contributed by atoms with E-state index in [0.29, 0.717) is 5.56 Å². The van der Waals surface area contributed by atoms with Gasteiger partial charge in [0.15, 0.2) is 5.78 Å². The lowest BCUT2D eigenvalue weighted by Crippen LogP contribution is -2.33. The molecule has 1 aromatic carbocycles. The van der Waals surface area contributed by atoms with Gasteiger partial charge in [0.1, 0.15) is 18.3 Å². The van der Waals surface area contributed by atoms with Gasteiger partial charge in [0.05, 0.1) is 30.4 Å². The molecule has 2 aromatic heterocycles. The fourth-order valence-corrected chi connectivity index (χ4v) is 5.03. The minimum absolute atomic E-state index is 0.0302. The van der Waals surface area contributed by atoms with E-state index in [1.807, 2.05) is 35.8 Å². The van der Waals surface area contributed by atoms with Crippen LogP contribution in [-0.4, -0.2) is 58.8 Å². The lowest BCUT2D eigenvalue weighted by molar-refractivity contribution is 0.0501. The highest BCUT2D eigenvalue weighted by atomic mass is 79.9. The van der Waals surface area contributed by atoms with Crippen molar-refractivity contribution in [2.24, 2.45) is 11.1 Å². The number of aliphatic hydroxyl groups is 1. The maximum atomic E-state index is 14.8. The third kappa shape index (κ3) is 5.98. The molecule has 4 rings (SSSR count). The number of rotatable bonds is 9. The number of carbonyl (C=O) groups excluding carboxylic acids is 1. The Morgan fingerprint density at radius 2 is 2.19 bits per heavy atom. The summed E-state index contributed by atoms with van der Waals surface area (Å²) in [5.41, 5.74) is 1.59. The van der Waals surface area contributed by atoms with Crippen molar-refractivity contribution in [3.05, 3.63) is 76.4 Å². The monoisotopic (exact) mass is 581 g/mol. The number of ketones is 1. The Balaban J connectivity index is 1.50. The van der Waals surface area contributed by atoms with Crippen LogP contribution in [0.4, 0.5) is 10.2 Å². The second kappa shape index (κ2) is 10.7. The van der Waals surface area contributed by atoms with Crippen LogP contribution in [-0.2, 0) is 14.5 Å². The number of halogens is 2. The molecular weight excluding hydrogens is 557 g/mol. The van der Waals surface area contributed by atoms with Crippen molar-refractivity contribution in [3.8, 4) is 0 Å². The van der Waals surface area contributed by atoms with Gasteiger partial charge >= 0.3 is 10.3 Å². The van der Waals surface area contributed by atoms with Gasteiger partial charge < -0.3 is 15.0 Å². The van der Waals surface area contributed by atoms with Crippen LogP contribution in [0.2, 0.25) is 0 Å². The number of carbonyl (C=O) groups is 1. The molecule has 0 bridgehead atoms. The van der Waals surface area contributed by atoms with Crippen molar-refractivity contribution in [2.75, 3.05) is 11.9 Å². The lowest BCUT2D eigenvalue weighted by atomic mass is 10.1.